The summed E-state index contributed by atoms with van der Waals surface area (Å²) in [5.74, 6) is -0.894. The molecule has 0 aliphatic heterocycles. The number of esters is 1. The van der Waals surface area contributed by atoms with Crippen molar-refractivity contribution in [1.82, 2.24) is 9.69 Å². The summed E-state index contributed by atoms with van der Waals surface area (Å²) in [7, 11) is 1.70. The largest absolute Gasteiger partial charge is 0.452 e. The van der Waals surface area contributed by atoms with E-state index in [4.69, 9.17) is 4.74 Å². The minimum absolute atomic E-state index is 0.315. The lowest BCUT2D eigenvalue weighted by molar-refractivity contribution is -0.124. The van der Waals surface area contributed by atoms with Gasteiger partial charge in [0.2, 0.25) is 0 Å². The Morgan fingerprint density at radius 1 is 1.27 bits per heavy atom. The van der Waals surface area contributed by atoms with Crippen LogP contribution in [0.4, 0.5) is 5.00 Å². The van der Waals surface area contributed by atoms with Crippen LogP contribution >= 0.6 is 11.5 Å². The summed E-state index contributed by atoms with van der Waals surface area (Å²) in [5.41, 5.74) is 1.95. The van der Waals surface area contributed by atoms with Crippen molar-refractivity contribution < 1.29 is 14.3 Å². The van der Waals surface area contributed by atoms with Crippen molar-refractivity contribution in [1.29, 1.82) is 0 Å². The fraction of sp³-hybridized carbons (Fsp3) is 0.267. The number of hydrogen-bond donors (Lipinski definition) is 2. The van der Waals surface area contributed by atoms with Crippen LogP contribution in [0.2, 0.25) is 0 Å². The first kappa shape index (κ1) is 16.0. The van der Waals surface area contributed by atoms with Crippen molar-refractivity contribution in [3.05, 3.63) is 47.2 Å². The Morgan fingerprint density at radius 3 is 2.68 bits per heavy atom. The molecule has 0 unspecified atom stereocenters. The van der Waals surface area contributed by atoms with Gasteiger partial charge >= 0.3 is 5.97 Å². The fourth-order valence-corrected chi connectivity index (χ4v) is 2.56. The first-order chi connectivity index (χ1) is 10.6. The van der Waals surface area contributed by atoms with Crippen molar-refractivity contribution in [2.45, 2.75) is 13.5 Å². The molecule has 0 radical (unpaired) electrons. The highest BCUT2D eigenvalue weighted by molar-refractivity contribution is 7.10. The molecule has 1 aromatic carbocycles. The molecule has 0 aliphatic carbocycles. The Morgan fingerprint density at radius 2 is 2.00 bits per heavy atom. The molecule has 0 spiro atoms. The number of nitrogens with zero attached hydrogens (tertiary/aromatic N) is 1. The van der Waals surface area contributed by atoms with E-state index in [0.29, 0.717) is 22.8 Å². The number of carbonyl (C=O) groups is 2. The standard InChI is InChI=1S/C15H17N3O3S/c1-10-13(14(16-2)22-18-10)15(20)21-9-12(19)17-8-11-6-4-3-5-7-11/h3-7,16H,8-9H2,1-2H3,(H,17,19). The third-order valence-corrected chi connectivity index (χ3v) is 3.92. The smallest absolute Gasteiger partial charge is 0.343 e. The first-order valence-corrected chi connectivity index (χ1v) is 7.51. The van der Waals surface area contributed by atoms with Gasteiger partial charge in [-0.2, -0.15) is 4.37 Å². The number of ether oxygens (including phenoxy) is 1. The lowest BCUT2D eigenvalue weighted by Crippen LogP contribution is -2.28. The molecular formula is C15H17N3O3S. The number of rotatable bonds is 6. The molecule has 6 nitrogen and oxygen atoms in total. The van der Waals surface area contributed by atoms with Gasteiger partial charge in [0.25, 0.3) is 5.91 Å². The molecule has 0 saturated heterocycles. The number of carbonyl (C=O) groups excluding carboxylic acids is 2. The van der Waals surface area contributed by atoms with Crippen LogP contribution in [0.1, 0.15) is 21.6 Å². The fourth-order valence-electron chi connectivity index (χ4n) is 1.83. The van der Waals surface area contributed by atoms with Crippen molar-refractivity contribution in [2.75, 3.05) is 19.0 Å². The van der Waals surface area contributed by atoms with Crippen molar-refractivity contribution in [3.63, 3.8) is 0 Å². The molecule has 0 bridgehead atoms. The third-order valence-electron chi connectivity index (χ3n) is 2.96. The summed E-state index contributed by atoms with van der Waals surface area (Å²) in [5, 5.41) is 6.22. The Balaban J connectivity index is 1.83. The summed E-state index contributed by atoms with van der Waals surface area (Å²) < 4.78 is 9.13. The lowest BCUT2D eigenvalue weighted by Gasteiger charge is -2.07. The molecule has 0 atom stereocenters. The van der Waals surface area contributed by atoms with Gasteiger partial charge in [0.1, 0.15) is 10.6 Å². The summed E-state index contributed by atoms with van der Waals surface area (Å²) in [4.78, 5) is 23.7. The van der Waals surface area contributed by atoms with Gasteiger partial charge in [-0.25, -0.2) is 4.79 Å². The van der Waals surface area contributed by atoms with Gasteiger partial charge in [0.15, 0.2) is 6.61 Å². The number of anilines is 1. The normalized spacial score (nSPS) is 10.1. The summed E-state index contributed by atoms with van der Waals surface area (Å²) in [6.07, 6.45) is 0. The zero-order valence-corrected chi connectivity index (χ0v) is 13.2. The highest BCUT2D eigenvalue weighted by atomic mass is 32.1. The van der Waals surface area contributed by atoms with Crippen LogP contribution in [0.25, 0.3) is 0 Å². The molecule has 1 heterocycles. The first-order valence-electron chi connectivity index (χ1n) is 6.73. The van der Waals surface area contributed by atoms with Crippen LogP contribution in [-0.4, -0.2) is 29.9 Å². The Labute approximate surface area is 132 Å². The van der Waals surface area contributed by atoms with E-state index in [1.165, 1.54) is 11.5 Å². The van der Waals surface area contributed by atoms with Gasteiger partial charge in [0, 0.05) is 13.6 Å². The number of nitrogens with one attached hydrogen (secondary N) is 2. The second-order valence-corrected chi connectivity index (χ2v) is 5.33. The zero-order chi connectivity index (χ0) is 15.9. The van der Waals surface area contributed by atoms with E-state index in [1.807, 2.05) is 30.3 Å². The molecule has 2 aromatic rings. The molecule has 22 heavy (non-hydrogen) atoms. The number of amides is 1. The maximum Gasteiger partial charge on any atom is 0.343 e. The molecule has 0 fully saturated rings. The van der Waals surface area contributed by atoms with Crippen LogP contribution in [0.5, 0.6) is 0 Å². The van der Waals surface area contributed by atoms with Crippen molar-refractivity contribution in [3.8, 4) is 0 Å². The van der Waals surface area contributed by atoms with E-state index in [2.05, 4.69) is 15.0 Å². The maximum absolute atomic E-state index is 12.0. The predicted octanol–water partition coefficient (Wildman–Crippen LogP) is 1.97. The quantitative estimate of drug-likeness (QED) is 0.796. The van der Waals surface area contributed by atoms with Crippen LogP contribution < -0.4 is 10.6 Å². The van der Waals surface area contributed by atoms with Crippen molar-refractivity contribution in [2.24, 2.45) is 0 Å². The number of benzene rings is 1. The van der Waals surface area contributed by atoms with Crippen LogP contribution in [-0.2, 0) is 16.1 Å². The molecular weight excluding hydrogens is 302 g/mol. The molecule has 7 heteroatoms. The number of aryl methyl sites for hydroxylation is 1. The van der Waals surface area contributed by atoms with E-state index in [1.54, 1.807) is 14.0 Å². The van der Waals surface area contributed by atoms with E-state index in [9.17, 15) is 9.59 Å². The summed E-state index contributed by atoms with van der Waals surface area (Å²) in [6, 6.07) is 9.52. The second-order valence-electron chi connectivity index (χ2n) is 4.56. The molecule has 0 aliphatic rings. The Bertz CT molecular complexity index is 655. The van der Waals surface area contributed by atoms with Gasteiger partial charge < -0.3 is 15.4 Å². The highest BCUT2D eigenvalue weighted by Gasteiger charge is 2.19. The van der Waals surface area contributed by atoms with E-state index in [0.717, 1.165) is 5.56 Å². The average molecular weight is 319 g/mol. The highest BCUT2D eigenvalue weighted by Crippen LogP contribution is 2.24. The van der Waals surface area contributed by atoms with Gasteiger partial charge in [-0.05, 0) is 24.0 Å². The molecule has 2 rings (SSSR count). The average Bonchev–Trinajstić information content (AvgIpc) is 2.92. The van der Waals surface area contributed by atoms with Gasteiger partial charge in [-0.15, -0.1) is 0 Å². The van der Waals surface area contributed by atoms with Gasteiger partial charge in [-0.1, -0.05) is 30.3 Å². The van der Waals surface area contributed by atoms with Gasteiger partial charge in [0.05, 0.1) is 5.69 Å². The molecule has 1 aromatic heterocycles. The Kier molecular flexibility index (Phi) is 5.48. The van der Waals surface area contributed by atoms with Crippen LogP contribution in [0.15, 0.2) is 30.3 Å². The minimum atomic E-state index is -0.550. The second kappa shape index (κ2) is 7.56. The monoisotopic (exact) mass is 319 g/mol. The van der Waals surface area contributed by atoms with E-state index in [-0.39, 0.29) is 12.5 Å². The molecule has 116 valence electrons. The van der Waals surface area contributed by atoms with E-state index < -0.39 is 5.97 Å². The molecule has 1 amide bonds. The zero-order valence-electron chi connectivity index (χ0n) is 12.4. The third kappa shape index (κ3) is 4.05. The van der Waals surface area contributed by atoms with Crippen LogP contribution in [0.3, 0.4) is 0 Å². The number of hydrogen-bond acceptors (Lipinski definition) is 6. The number of aromatic nitrogens is 1. The summed E-state index contributed by atoms with van der Waals surface area (Å²) in [6.45, 7) is 1.81. The van der Waals surface area contributed by atoms with Crippen LogP contribution in [0, 0.1) is 6.92 Å². The Hall–Kier alpha value is -2.41. The van der Waals surface area contributed by atoms with Gasteiger partial charge in [-0.3, -0.25) is 4.79 Å². The molecule has 0 saturated carbocycles. The lowest BCUT2D eigenvalue weighted by atomic mass is 10.2. The van der Waals surface area contributed by atoms with E-state index >= 15 is 0 Å². The topological polar surface area (TPSA) is 80.3 Å². The minimum Gasteiger partial charge on any atom is -0.452 e. The van der Waals surface area contributed by atoms with Crippen molar-refractivity contribution >= 4 is 28.4 Å². The predicted molar refractivity (Wildman–Crippen MR) is 85.0 cm³/mol. The summed E-state index contributed by atoms with van der Waals surface area (Å²) >= 11 is 1.18. The SMILES string of the molecule is CNc1snc(C)c1C(=O)OCC(=O)NCc1ccccc1. The molecule has 2 N–H and O–H groups in total. The maximum atomic E-state index is 12.0.